The van der Waals surface area contributed by atoms with Crippen LogP contribution < -0.4 is 5.32 Å². The number of hydrogen-bond acceptors (Lipinski definition) is 1. The topological polar surface area (TPSA) is 49.3 Å². The minimum absolute atomic E-state index is 0.264. The Morgan fingerprint density at radius 1 is 1.31 bits per heavy atom. The molecule has 0 aliphatic carbocycles. The normalized spacial score (nSPS) is 10.4. The van der Waals surface area contributed by atoms with E-state index >= 15 is 0 Å². The monoisotopic (exact) mass is 239 g/mol. The van der Waals surface area contributed by atoms with Gasteiger partial charge in [0.05, 0.1) is 10.7 Å². The molecule has 0 unspecified atom stereocenters. The van der Waals surface area contributed by atoms with Gasteiger partial charge in [0.25, 0.3) is 0 Å². The minimum atomic E-state index is -1.19. The van der Waals surface area contributed by atoms with Crippen molar-refractivity contribution in [1.29, 1.82) is 0 Å². The summed E-state index contributed by atoms with van der Waals surface area (Å²) in [4.78, 5) is 10.5. The average Bonchev–Trinajstić information content (AvgIpc) is 2.22. The van der Waals surface area contributed by atoms with Crippen LogP contribution in [0.15, 0.2) is 30.3 Å². The number of halogens is 2. The number of benzene rings is 2. The van der Waals surface area contributed by atoms with E-state index in [2.05, 4.69) is 5.32 Å². The second-order valence-corrected chi connectivity index (χ2v) is 3.60. The van der Waals surface area contributed by atoms with Gasteiger partial charge in [-0.15, -0.1) is 0 Å². The highest BCUT2D eigenvalue weighted by Crippen LogP contribution is 2.31. The van der Waals surface area contributed by atoms with Crippen molar-refractivity contribution in [3.8, 4) is 0 Å². The van der Waals surface area contributed by atoms with Gasteiger partial charge in [-0.1, -0.05) is 17.7 Å². The molecule has 1 amide bonds. The molecule has 2 aromatic rings. The van der Waals surface area contributed by atoms with Crippen molar-refractivity contribution in [2.45, 2.75) is 0 Å². The molecule has 0 heterocycles. The Kier molecular flexibility index (Phi) is 2.66. The Balaban J connectivity index is 2.60. The number of carbonyl (C=O) groups is 1. The van der Waals surface area contributed by atoms with E-state index in [0.717, 1.165) is 0 Å². The fraction of sp³-hybridized carbons (Fsp3) is 0. The van der Waals surface area contributed by atoms with Gasteiger partial charge >= 0.3 is 6.09 Å². The lowest BCUT2D eigenvalue weighted by Gasteiger charge is -2.07. The quantitative estimate of drug-likeness (QED) is 0.797. The minimum Gasteiger partial charge on any atom is -0.465 e. The van der Waals surface area contributed by atoms with E-state index in [4.69, 9.17) is 16.7 Å². The van der Waals surface area contributed by atoms with Crippen molar-refractivity contribution >= 4 is 34.2 Å². The van der Waals surface area contributed by atoms with Crippen LogP contribution in [0.4, 0.5) is 14.9 Å². The lowest BCUT2D eigenvalue weighted by atomic mass is 10.1. The van der Waals surface area contributed by atoms with Gasteiger partial charge in [0.1, 0.15) is 5.82 Å². The molecule has 5 heteroatoms. The van der Waals surface area contributed by atoms with Crippen molar-refractivity contribution in [2.75, 3.05) is 5.32 Å². The Labute approximate surface area is 95.5 Å². The first-order chi connectivity index (χ1) is 7.58. The highest BCUT2D eigenvalue weighted by molar-refractivity contribution is 6.38. The summed E-state index contributed by atoms with van der Waals surface area (Å²) in [5, 5.41) is 12.2. The Morgan fingerprint density at radius 3 is 2.75 bits per heavy atom. The summed E-state index contributed by atoms with van der Waals surface area (Å²) < 4.78 is 12.9. The molecule has 0 aliphatic heterocycles. The average molecular weight is 240 g/mol. The van der Waals surface area contributed by atoms with Gasteiger partial charge in [-0.25, -0.2) is 9.18 Å². The first kappa shape index (κ1) is 10.7. The highest BCUT2D eigenvalue weighted by atomic mass is 35.5. The lowest BCUT2D eigenvalue weighted by molar-refractivity contribution is 0.210. The van der Waals surface area contributed by atoms with E-state index in [-0.39, 0.29) is 16.5 Å². The van der Waals surface area contributed by atoms with Crippen molar-refractivity contribution < 1.29 is 14.3 Å². The van der Waals surface area contributed by atoms with Crippen LogP contribution in [0.3, 0.4) is 0 Å². The third-order valence-corrected chi connectivity index (χ3v) is 2.56. The molecule has 0 saturated carbocycles. The third-order valence-electron chi connectivity index (χ3n) is 2.16. The van der Waals surface area contributed by atoms with E-state index in [1.165, 1.54) is 24.3 Å². The maximum absolute atomic E-state index is 12.9. The van der Waals surface area contributed by atoms with Crippen LogP contribution in [0.2, 0.25) is 5.02 Å². The summed E-state index contributed by atoms with van der Waals surface area (Å²) in [6.45, 7) is 0. The van der Waals surface area contributed by atoms with Crippen molar-refractivity contribution in [3.05, 3.63) is 41.2 Å². The highest BCUT2D eigenvalue weighted by Gasteiger charge is 2.08. The summed E-state index contributed by atoms with van der Waals surface area (Å²) in [6, 6.07) is 7.23. The maximum atomic E-state index is 12.9. The van der Waals surface area contributed by atoms with Crippen LogP contribution >= 0.6 is 11.6 Å². The van der Waals surface area contributed by atoms with Crippen LogP contribution in [0.25, 0.3) is 10.8 Å². The zero-order valence-corrected chi connectivity index (χ0v) is 8.75. The predicted octanol–water partition coefficient (Wildman–Crippen LogP) is 3.72. The lowest BCUT2D eigenvalue weighted by Crippen LogP contribution is -2.07. The molecule has 0 aliphatic rings. The smallest absolute Gasteiger partial charge is 0.409 e. The molecule has 2 N–H and O–H groups in total. The molecular weight excluding hydrogens is 233 g/mol. The van der Waals surface area contributed by atoms with E-state index in [1.54, 1.807) is 6.07 Å². The number of anilines is 1. The van der Waals surface area contributed by atoms with Gasteiger partial charge in [0, 0.05) is 5.39 Å². The van der Waals surface area contributed by atoms with E-state index < -0.39 is 6.09 Å². The van der Waals surface area contributed by atoms with Crippen LogP contribution in [0, 0.1) is 5.82 Å². The molecule has 0 aromatic heterocycles. The van der Waals surface area contributed by atoms with Gasteiger partial charge < -0.3 is 5.11 Å². The Bertz CT molecular complexity index is 571. The second-order valence-electron chi connectivity index (χ2n) is 3.22. The van der Waals surface area contributed by atoms with Gasteiger partial charge in [-0.3, -0.25) is 5.32 Å². The largest absolute Gasteiger partial charge is 0.465 e. The summed E-state index contributed by atoms with van der Waals surface area (Å²) >= 11 is 5.99. The molecule has 0 saturated heterocycles. The number of amides is 1. The zero-order chi connectivity index (χ0) is 11.7. The molecule has 0 atom stereocenters. The number of hydrogen-bond donors (Lipinski definition) is 2. The molecule has 16 heavy (non-hydrogen) atoms. The first-order valence-corrected chi connectivity index (χ1v) is 4.83. The second kappa shape index (κ2) is 3.98. The first-order valence-electron chi connectivity index (χ1n) is 4.45. The molecule has 3 nitrogen and oxygen atoms in total. The van der Waals surface area contributed by atoms with Gasteiger partial charge in [0.15, 0.2) is 0 Å². The molecule has 2 aromatic carbocycles. The SMILES string of the molecule is O=C(O)Nc1ccc2cc(F)ccc2c1Cl. The third kappa shape index (κ3) is 1.92. The van der Waals surface area contributed by atoms with Crippen molar-refractivity contribution in [2.24, 2.45) is 0 Å². The van der Waals surface area contributed by atoms with Crippen LogP contribution in [-0.4, -0.2) is 11.2 Å². The summed E-state index contributed by atoms with van der Waals surface area (Å²) in [7, 11) is 0. The van der Waals surface area contributed by atoms with E-state index in [9.17, 15) is 9.18 Å². The molecule has 0 radical (unpaired) electrons. The number of rotatable bonds is 1. The van der Waals surface area contributed by atoms with Gasteiger partial charge in [-0.2, -0.15) is 0 Å². The molecule has 0 fully saturated rings. The summed E-state index contributed by atoms with van der Waals surface area (Å²) in [5.41, 5.74) is 0.285. The predicted molar refractivity (Wildman–Crippen MR) is 60.6 cm³/mol. The Hall–Kier alpha value is -1.81. The fourth-order valence-corrected chi connectivity index (χ4v) is 1.76. The molecule has 2 rings (SSSR count). The summed E-state index contributed by atoms with van der Waals surface area (Å²) in [5.74, 6) is -0.359. The van der Waals surface area contributed by atoms with Crippen LogP contribution in [0.1, 0.15) is 0 Å². The Morgan fingerprint density at radius 2 is 2.06 bits per heavy atom. The summed E-state index contributed by atoms with van der Waals surface area (Å²) in [6.07, 6.45) is -1.19. The van der Waals surface area contributed by atoms with E-state index in [1.807, 2.05) is 0 Å². The number of carboxylic acid groups (broad SMARTS) is 1. The van der Waals surface area contributed by atoms with Gasteiger partial charge in [0.2, 0.25) is 0 Å². The van der Waals surface area contributed by atoms with Crippen molar-refractivity contribution in [3.63, 3.8) is 0 Å². The van der Waals surface area contributed by atoms with Crippen molar-refractivity contribution in [1.82, 2.24) is 0 Å². The standard InChI is InChI=1S/C11H7ClFNO2/c12-10-8-3-2-7(13)5-6(8)1-4-9(10)14-11(15)16/h1-5,14H,(H,15,16). The van der Waals surface area contributed by atoms with Gasteiger partial charge in [-0.05, 0) is 29.7 Å². The molecule has 0 spiro atoms. The van der Waals surface area contributed by atoms with E-state index in [0.29, 0.717) is 10.8 Å². The van der Waals surface area contributed by atoms with Crippen LogP contribution in [0.5, 0.6) is 0 Å². The number of nitrogens with one attached hydrogen (secondary N) is 1. The number of fused-ring (bicyclic) bond motifs is 1. The molecule has 0 bridgehead atoms. The fourth-order valence-electron chi connectivity index (χ4n) is 1.47. The van der Waals surface area contributed by atoms with Crippen LogP contribution in [-0.2, 0) is 0 Å². The molecule has 82 valence electrons. The maximum Gasteiger partial charge on any atom is 0.409 e. The zero-order valence-electron chi connectivity index (χ0n) is 8.00. The molecular formula is C11H7ClFNO2.